The molecular weight excluding hydrogens is 382 g/mol. The van der Waals surface area contributed by atoms with Gasteiger partial charge in [0.1, 0.15) is 5.84 Å². The van der Waals surface area contributed by atoms with Gasteiger partial charge in [-0.1, -0.05) is 36.4 Å². The first-order chi connectivity index (χ1) is 14.5. The van der Waals surface area contributed by atoms with Crippen LogP contribution in [-0.4, -0.2) is 51.5 Å². The second kappa shape index (κ2) is 9.47. The maximum Gasteiger partial charge on any atom is 0.328 e. The van der Waals surface area contributed by atoms with Gasteiger partial charge in [0.05, 0.1) is 5.69 Å². The van der Waals surface area contributed by atoms with Crippen LogP contribution >= 0.6 is 0 Å². The third-order valence-electron chi connectivity index (χ3n) is 4.51. The van der Waals surface area contributed by atoms with Crippen molar-refractivity contribution in [3.05, 3.63) is 84.2 Å². The summed E-state index contributed by atoms with van der Waals surface area (Å²) in [5.41, 5.74) is 3.42. The summed E-state index contributed by atoms with van der Waals surface area (Å²) in [4.78, 5) is 30.6. The van der Waals surface area contributed by atoms with E-state index >= 15 is 0 Å². The number of pyridine rings is 1. The number of carboxylic acid groups (broad SMARTS) is 2. The number of nitrogens with zero attached hydrogens (tertiary/aromatic N) is 3. The molecule has 7 heteroatoms. The molecule has 1 aliphatic heterocycles. The molecule has 0 amide bonds. The Bertz CT molecular complexity index is 1100. The Labute approximate surface area is 173 Å². The normalized spacial score (nSPS) is 11.7. The Hall–Kier alpha value is -4.00. The highest BCUT2D eigenvalue weighted by molar-refractivity contribution is 6.18. The molecule has 2 N–H and O–H groups in total. The van der Waals surface area contributed by atoms with Crippen LogP contribution in [0.2, 0.25) is 0 Å². The van der Waals surface area contributed by atoms with Gasteiger partial charge >= 0.3 is 11.9 Å². The monoisotopic (exact) mass is 403 g/mol. The molecule has 152 valence electrons. The van der Waals surface area contributed by atoms with Crippen LogP contribution in [0.4, 0.5) is 5.69 Å². The van der Waals surface area contributed by atoms with Gasteiger partial charge in [0.25, 0.3) is 0 Å². The molecule has 0 bridgehead atoms. The van der Waals surface area contributed by atoms with Crippen LogP contribution in [0.1, 0.15) is 11.3 Å². The molecule has 1 aromatic heterocycles. The van der Waals surface area contributed by atoms with E-state index in [1.54, 1.807) is 0 Å². The zero-order valence-corrected chi connectivity index (χ0v) is 16.4. The lowest BCUT2D eigenvalue weighted by Gasteiger charge is -2.19. The van der Waals surface area contributed by atoms with Crippen molar-refractivity contribution in [3.8, 4) is 0 Å². The Morgan fingerprint density at radius 3 is 2.30 bits per heavy atom. The summed E-state index contributed by atoms with van der Waals surface area (Å²) in [7, 11) is 2.10. The molecule has 4 rings (SSSR count). The topological polar surface area (TPSA) is 103 Å². The lowest BCUT2D eigenvalue weighted by Crippen LogP contribution is -2.28. The van der Waals surface area contributed by atoms with Crippen LogP contribution in [0.25, 0.3) is 10.8 Å². The highest BCUT2D eigenvalue weighted by Gasteiger charge is 2.20. The van der Waals surface area contributed by atoms with E-state index in [9.17, 15) is 9.59 Å². The first-order valence-corrected chi connectivity index (χ1v) is 9.31. The van der Waals surface area contributed by atoms with Crippen LogP contribution in [0, 0.1) is 0 Å². The average Bonchev–Trinajstić information content (AvgIpc) is 3.13. The van der Waals surface area contributed by atoms with Crippen molar-refractivity contribution in [2.24, 2.45) is 4.99 Å². The third kappa shape index (κ3) is 5.08. The van der Waals surface area contributed by atoms with Crippen LogP contribution in [0.3, 0.4) is 0 Å². The molecule has 2 heterocycles. The minimum Gasteiger partial charge on any atom is -0.478 e. The largest absolute Gasteiger partial charge is 0.478 e. The Morgan fingerprint density at radius 1 is 0.967 bits per heavy atom. The number of benzene rings is 2. The van der Waals surface area contributed by atoms with Gasteiger partial charge in [-0.05, 0) is 23.6 Å². The van der Waals surface area contributed by atoms with Crippen LogP contribution < -0.4 is 0 Å². The van der Waals surface area contributed by atoms with Gasteiger partial charge in [0.15, 0.2) is 0 Å². The molecule has 0 saturated carbocycles. The molecule has 0 fully saturated rings. The highest BCUT2D eigenvalue weighted by Crippen LogP contribution is 2.35. The summed E-state index contributed by atoms with van der Waals surface area (Å²) in [6, 6.07) is 18.8. The number of aromatic nitrogens is 1. The summed E-state index contributed by atoms with van der Waals surface area (Å²) in [5.74, 6) is -1.46. The molecule has 0 unspecified atom stereocenters. The maximum atomic E-state index is 9.55. The number of carbonyl (C=O) groups is 2. The summed E-state index contributed by atoms with van der Waals surface area (Å²) >= 11 is 0. The van der Waals surface area contributed by atoms with E-state index in [1.807, 2.05) is 18.3 Å². The molecular formula is C23H21N3O4. The van der Waals surface area contributed by atoms with Gasteiger partial charge in [-0.25, -0.2) is 14.6 Å². The van der Waals surface area contributed by atoms with Gasteiger partial charge in [-0.15, -0.1) is 0 Å². The summed E-state index contributed by atoms with van der Waals surface area (Å²) in [5, 5.41) is 18.1. The fourth-order valence-corrected chi connectivity index (χ4v) is 3.14. The average molecular weight is 403 g/mol. The standard InChI is InChI=1S/C19H17N3.C4H4O4/c1-22(13-11-15-8-2-3-12-20-15)19-16-9-4-6-14-7-5-10-17(21-19)18(14)16;5-3(6)1-2-4(7)8/h2-10,12H,11,13H2,1H3;1-2H,(H,5,6)(H,7,8). The van der Waals surface area contributed by atoms with E-state index in [4.69, 9.17) is 15.2 Å². The van der Waals surface area contributed by atoms with E-state index < -0.39 is 11.9 Å². The number of likely N-dealkylation sites (N-methyl/N-ethyl adjacent to an activating group) is 1. The first-order valence-electron chi connectivity index (χ1n) is 9.31. The number of rotatable bonds is 5. The van der Waals surface area contributed by atoms with Crippen molar-refractivity contribution in [2.45, 2.75) is 6.42 Å². The Kier molecular flexibility index (Phi) is 6.54. The van der Waals surface area contributed by atoms with Crippen molar-refractivity contribution in [3.63, 3.8) is 0 Å². The first kappa shape index (κ1) is 20.7. The molecule has 1 aliphatic rings. The third-order valence-corrected chi connectivity index (χ3v) is 4.51. The number of hydrogen-bond acceptors (Lipinski definition) is 5. The number of amidine groups is 1. The predicted octanol–water partition coefficient (Wildman–Crippen LogP) is 3.51. The quantitative estimate of drug-likeness (QED) is 0.632. The molecule has 0 spiro atoms. The molecule has 30 heavy (non-hydrogen) atoms. The van der Waals surface area contributed by atoms with Gasteiger partial charge in [0.2, 0.25) is 0 Å². The van der Waals surface area contributed by atoms with Crippen molar-refractivity contribution < 1.29 is 19.8 Å². The fourth-order valence-electron chi connectivity index (χ4n) is 3.14. The van der Waals surface area contributed by atoms with Crippen LogP contribution in [0.5, 0.6) is 0 Å². The summed E-state index contributed by atoms with van der Waals surface area (Å²) in [6.45, 7) is 0.903. The van der Waals surface area contributed by atoms with E-state index in [-0.39, 0.29) is 0 Å². The van der Waals surface area contributed by atoms with E-state index in [0.29, 0.717) is 12.2 Å². The smallest absolute Gasteiger partial charge is 0.328 e. The van der Waals surface area contributed by atoms with E-state index in [1.165, 1.54) is 16.3 Å². The molecule has 0 atom stereocenters. The maximum absolute atomic E-state index is 9.55. The van der Waals surface area contributed by atoms with Gasteiger partial charge in [0, 0.05) is 55.0 Å². The second-order valence-corrected chi connectivity index (χ2v) is 6.62. The van der Waals surface area contributed by atoms with Crippen LogP contribution in [-0.2, 0) is 16.0 Å². The van der Waals surface area contributed by atoms with E-state index in [2.05, 4.69) is 59.4 Å². The predicted molar refractivity (Wildman–Crippen MR) is 115 cm³/mol. The lowest BCUT2D eigenvalue weighted by atomic mass is 10.0. The number of aliphatic imine (C=N–C) groups is 1. The van der Waals surface area contributed by atoms with E-state index in [0.717, 1.165) is 30.2 Å². The van der Waals surface area contributed by atoms with Crippen LogP contribution in [0.15, 0.2) is 77.9 Å². The van der Waals surface area contributed by atoms with Gasteiger partial charge < -0.3 is 15.1 Å². The second-order valence-electron chi connectivity index (χ2n) is 6.62. The molecule has 2 aromatic carbocycles. The number of carboxylic acids is 2. The summed E-state index contributed by atoms with van der Waals surface area (Å²) in [6.07, 6.45) is 3.88. The number of aliphatic carboxylic acids is 2. The molecule has 0 radical (unpaired) electrons. The molecule has 0 saturated heterocycles. The van der Waals surface area contributed by atoms with Crippen molar-refractivity contribution in [1.82, 2.24) is 9.88 Å². The van der Waals surface area contributed by atoms with Gasteiger partial charge in [-0.2, -0.15) is 0 Å². The minimum absolute atomic E-state index is 0.558. The summed E-state index contributed by atoms with van der Waals surface area (Å²) < 4.78 is 0. The Morgan fingerprint density at radius 2 is 1.67 bits per heavy atom. The molecule has 3 aromatic rings. The van der Waals surface area contributed by atoms with Gasteiger partial charge in [-0.3, -0.25) is 4.98 Å². The highest BCUT2D eigenvalue weighted by atomic mass is 16.4. The minimum atomic E-state index is -1.26. The number of hydrogen-bond donors (Lipinski definition) is 2. The van der Waals surface area contributed by atoms with Crippen molar-refractivity contribution in [2.75, 3.05) is 13.6 Å². The zero-order chi connectivity index (χ0) is 21.5. The fraction of sp³-hybridized carbons (Fsp3) is 0.130. The molecule has 7 nitrogen and oxygen atoms in total. The zero-order valence-electron chi connectivity index (χ0n) is 16.4. The van der Waals surface area contributed by atoms with Crippen molar-refractivity contribution >= 4 is 34.2 Å². The Balaban J connectivity index is 0.000000275. The SMILES string of the molecule is CN(CCc1ccccn1)C1=Nc2cccc3cccc1c23.O=C(O)C=CC(=O)O. The lowest BCUT2D eigenvalue weighted by molar-refractivity contribution is -0.134. The molecule has 0 aliphatic carbocycles. The van der Waals surface area contributed by atoms with Crippen molar-refractivity contribution in [1.29, 1.82) is 0 Å².